The average molecular weight is 204 g/mol. The van der Waals surface area contributed by atoms with E-state index in [9.17, 15) is 0 Å². The molecule has 15 heavy (non-hydrogen) atoms. The highest BCUT2D eigenvalue weighted by atomic mass is 16.5. The van der Waals surface area contributed by atoms with Crippen molar-refractivity contribution in [2.24, 2.45) is 0 Å². The summed E-state index contributed by atoms with van der Waals surface area (Å²) >= 11 is 0. The van der Waals surface area contributed by atoms with E-state index in [0.717, 1.165) is 11.3 Å². The molecule has 0 heterocycles. The summed E-state index contributed by atoms with van der Waals surface area (Å²) in [5.74, 6) is 0.868. The molecular weight excluding hydrogens is 188 g/mol. The third kappa shape index (κ3) is 4.50. The van der Waals surface area contributed by atoms with Gasteiger partial charge in [-0.2, -0.15) is 0 Å². The Morgan fingerprint density at radius 2 is 2.00 bits per heavy atom. The Morgan fingerprint density at radius 3 is 2.60 bits per heavy atom. The van der Waals surface area contributed by atoms with Crippen LogP contribution in [-0.4, -0.2) is 13.7 Å². The van der Waals surface area contributed by atoms with Crippen molar-refractivity contribution >= 4 is 0 Å². The summed E-state index contributed by atoms with van der Waals surface area (Å²) in [4.78, 5) is 0. The van der Waals surface area contributed by atoms with Gasteiger partial charge in [0, 0.05) is 0 Å². The van der Waals surface area contributed by atoms with Gasteiger partial charge in [0.25, 0.3) is 0 Å². The van der Waals surface area contributed by atoms with Gasteiger partial charge < -0.3 is 9.47 Å². The smallest absolute Gasteiger partial charge is 0.118 e. The number of hydrogen-bond acceptors (Lipinski definition) is 2. The second-order valence-electron chi connectivity index (χ2n) is 3.02. The molecule has 1 rings (SSSR count). The standard InChI is InChI=1S/C13H16O2/c1-3-4-5-10-15-11-12-6-8-13(14-2)9-7-12/h3,5-9H,10-11H2,1-2H3. The van der Waals surface area contributed by atoms with E-state index >= 15 is 0 Å². The lowest BCUT2D eigenvalue weighted by atomic mass is 10.2. The SMILES string of the molecule is CC=C=CCOCc1ccc(OC)cc1. The molecule has 0 saturated carbocycles. The van der Waals surface area contributed by atoms with Crippen LogP contribution in [-0.2, 0) is 11.3 Å². The second-order valence-corrected chi connectivity index (χ2v) is 3.02. The Balaban J connectivity index is 2.34. The molecule has 0 saturated heterocycles. The van der Waals surface area contributed by atoms with Crippen molar-refractivity contribution in [3.63, 3.8) is 0 Å². The van der Waals surface area contributed by atoms with Crippen LogP contribution in [0.2, 0.25) is 0 Å². The molecule has 0 N–H and O–H groups in total. The molecule has 0 aliphatic rings. The zero-order chi connectivity index (χ0) is 10.9. The van der Waals surface area contributed by atoms with Crippen molar-refractivity contribution < 1.29 is 9.47 Å². The van der Waals surface area contributed by atoms with Crippen LogP contribution in [0.3, 0.4) is 0 Å². The molecule has 0 radical (unpaired) electrons. The summed E-state index contributed by atoms with van der Waals surface area (Å²) < 4.78 is 10.5. The summed E-state index contributed by atoms with van der Waals surface area (Å²) in [5, 5.41) is 0. The fraction of sp³-hybridized carbons (Fsp3) is 0.308. The molecule has 1 aromatic rings. The van der Waals surface area contributed by atoms with E-state index in [1.165, 1.54) is 0 Å². The van der Waals surface area contributed by atoms with Gasteiger partial charge in [0.1, 0.15) is 5.75 Å². The first kappa shape index (κ1) is 11.6. The van der Waals surface area contributed by atoms with Crippen LogP contribution in [0.4, 0.5) is 0 Å². The van der Waals surface area contributed by atoms with Gasteiger partial charge in [0.05, 0.1) is 20.3 Å². The van der Waals surface area contributed by atoms with Gasteiger partial charge in [0.2, 0.25) is 0 Å². The van der Waals surface area contributed by atoms with Gasteiger partial charge in [-0.1, -0.05) is 12.1 Å². The van der Waals surface area contributed by atoms with E-state index < -0.39 is 0 Å². The maximum atomic E-state index is 5.42. The normalized spacial score (nSPS) is 9.20. The Labute approximate surface area is 90.8 Å². The van der Waals surface area contributed by atoms with Crippen LogP contribution in [0.1, 0.15) is 12.5 Å². The first-order chi connectivity index (χ1) is 7.36. The molecule has 0 atom stereocenters. The Bertz CT molecular complexity index is 332. The van der Waals surface area contributed by atoms with E-state index in [1.54, 1.807) is 7.11 Å². The summed E-state index contributed by atoms with van der Waals surface area (Å²) in [7, 11) is 1.66. The zero-order valence-corrected chi connectivity index (χ0v) is 9.19. The van der Waals surface area contributed by atoms with Gasteiger partial charge in [-0.25, -0.2) is 0 Å². The fourth-order valence-electron chi connectivity index (χ4n) is 1.12. The molecule has 0 aliphatic carbocycles. The summed E-state index contributed by atoms with van der Waals surface area (Å²) in [5.41, 5.74) is 4.10. The summed E-state index contributed by atoms with van der Waals surface area (Å²) in [6, 6.07) is 7.86. The molecule has 1 aromatic carbocycles. The highest BCUT2D eigenvalue weighted by molar-refractivity contribution is 5.26. The monoisotopic (exact) mass is 204 g/mol. The molecule has 0 aliphatic heterocycles. The number of methoxy groups -OCH3 is 1. The first-order valence-electron chi connectivity index (χ1n) is 4.93. The predicted molar refractivity (Wildman–Crippen MR) is 61.0 cm³/mol. The van der Waals surface area contributed by atoms with Crippen molar-refractivity contribution in [1.82, 2.24) is 0 Å². The molecule has 0 fully saturated rings. The first-order valence-corrected chi connectivity index (χ1v) is 4.93. The van der Waals surface area contributed by atoms with Gasteiger partial charge >= 0.3 is 0 Å². The van der Waals surface area contributed by atoms with Gasteiger partial charge in [0.15, 0.2) is 0 Å². The quantitative estimate of drug-likeness (QED) is 0.542. The molecule has 0 unspecified atom stereocenters. The van der Waals surface area contributed by atoms with E-state index in [0.29, 0.717) is 13.2 Å². The minimum Gasteiger partial charge on any atom is -0.497 e. The molecule has 2 nitrogen and oxygen atoms in total. The van der Waals surface area contributed by atoms with Crippen LogP contribution < -0.4 is 4.74 Å². The number of ether oxygens (including phenoxy) is 2. The number of rotatable bonds is 5. The van der Waals surface area contributed by atoms with Gasteiger partial charge in [-0.15, -0.1) is 5.73 Å². The third-order valence-corrected chi connectivity index (χ3v) is 1.91. The molecule has 2 heteroatoms. The third-order valence-electron chi connectivity index (χ3n) is 1.91. The lowest BCUT2D eigenvalue weighted by Gasteiger charge is -2.03. The summed E-state index contributed by atoms with van der Waals surface area (Å²) in [6.07, 6.45) is 3.72. The fourth-order valence-corrected chi connectivity index (χ4v) is 1.12. The van der Waals surface area contributed by atoms with Crippen LogP contribution in [0.25, 0.3) is 0 Å². The van der Waals surface area contributed by atoms with Crippen LogP contribution in [0.15, 0.2) is 42.1 Å². The maximum Gasteiger partial charge on any atom is 0.118 e. The molecule has 0 amide bonds. The van der Waals surface area contributed by atoms with Gasteiger partial charge in [-0.05, 0) is 36.8 Å². The second kappa shape index (κ2) is 6.88. The maximum absolute atomic E-state index is 5.42. The predicted octanol–water partition coefficient (Wildman–Crippen LogP) is 2.94. The molecule has 0 bridgehead atoms. The van der Waals surface area contributed by atoms with Crippen molar-refractivity contribution in [3.05, 3.63) is 47.7 Å². The number of hydrogen-bond donors (Lipinski definition) is 0. The minimum atomic E-state index is 0.594. The lowest BCUT2D eigenvalue weighted by Crippen LogP contribution is -1.92. The van der Waals surface area contributed by atoms with E-state index in [1.807, 2.05) is 43.3 Å². The molecule has 0 aromatic heterocycles. The zero-order valence-electron chi connectivity index (χ0n) is 9.19. The van der Waals surface area contributed by atoms with Crippen LogP contribution in [0.5, 0.6) is 5.75 Å². The number of benzene rings is 1. The minimum absolute atomic E-state index is 0.594. The van der Waals surface area contributed by atoms with E-state index in [2.05, 4.69) is 5.73 Å². The molecular formula is C13H16O2. The van der Waals surface area contributed by atoms with Crippen LogP contribution in [0, 0.1) is 0 Å². The molecule has 0 spiro atoms. The largest absolute Gasteiger partial charge is 0.497 e. The highest BCUT2D eigenvalue weighted by Gasteiger charge is 1.93. The Hall–Kier alpha value is -1.50. The van der Waals surface area contributed by atoms with E-state index in [-0.39, 0.29) is 0 Å². The van der Waals surface area contributed by atoms with Crippen molar-refractivity contribution in [3.8, 4) is 5.75 Å². The van der Waals surface area contributed by atoms with Crippen molar-refractivity contribution in [2.75, 3.05) is 13.7 Å². The van der Waals surface area contributed by atoms with E-state index in [4.69, 9.17) is 9.47 Å². The van der Waals surface area contributed by atoms with Crippen molar-refractivity contribution in [2.45, 2.75) is 13.5 Å². The topological polar surface area (TPSA) is 18.5 Å². The lowest BCUT2D eigenvalue weighted by molar-refractivity contribution is 0.149. The molecule has 80 valence electrons. The van der Waals surface area contributed by atoms with Crippen LogP contribution >= 0.6 is 0 Å². The Morgan fingerprint density at radius 1 is 1.27 bits per heavy atom. The van der Waals surface area contributed by atoms with Crippen molar-refractivity contribution in [1.29, 1.82) is 0 Å². The average Bonchev–Trinajstić information content (AvgIpc) is 2.30. The Kier molecular flexibility index (Phi) is 5.31. The highest BCUT2D eigenvalue weighted by Crippen LogP contribution is 2.11. The summed E-state index contributed by atoms with van der Waals surface area (Å²) in [6.45, 7) is 3.14. The van der Waals surface area contributed by atoms with Gasteiger partial charge in [-0.3, -0.25) is 0 Å².